The number of aromatic nitrogens is 1. The molecule has 0 saturated heterocycles. The molecule has 7 heteroatoms. The maximum atomic E-state index is 13.6. The minimum atomic E-state index is -1.09. The molecule has 0 radical (unpaired) electrons. The van der Waals surface area contributed by atoms with Crippen LogP contribution in [0.3, 0.4) is 0 Å². The number of amides is 1. The number of phenols is 1. The molecule has 0 aliphatic heterocycles. The van der Waals surface area contributed by atoms with Crippen molar-refractivity contribution in [3.05, 3.63) is 83.1 Å². The topological polar surface area (TPSA) is 75.4 Å². The summed E-state index contributed by atoms with van der Waals surface area (Å²) in [6.45, 7) is 1.73. The molecule has 2 N–H and O–H groups in total. The van der Waals surface area contributed by atoms with Crippen LogP contribution in [-0.4, -0.2) is 16.0 Å². The van der Waals surface area contributed by atoms with Gasteiger partial charge in [-0.1, -0.05) is 6.07 Å². The number of nitrogens with one attached hydrogen (secondary N) is 1. The molecule has 3 rings (SSSR count). The summed E-state index contributed by atoms with van der Waals surface area (Å²) in [5, 5.41) is 12.6. The summed E-state index contributed by atoms with van der Waals surface area (Å²) in [6.07, 6.45) is 0. The smallest absolute Gasteiger partial charge is 0.278 e. The Morgan fingerprint density at radius 2 is 2.00 bits per heavy atom. The van der Waals surface area contributed by atoms with Gasteiger partial charge in [0.1, 0.15) is 29.1 Å². The molecule has 2 aromatic heterocycles. The maximum absolute atomic E-state index is 13.6. The normalized spacial score (nSPS) is 12.0. The van der Waals surface area contributed by atoms with Crippen molar-refractivity contribution in [2.45, 2.75) is 13.0 Å². The lowest BCUT2D eigenvalue weighted by Crippen LogP contribution is -2.30. The number of benzene rings is 1. The zero-order valence-electron chi connectivity index (χ0n) is 13.2. The van der Waals surface area contributed by atoms with E-state index in [1.54, 1.807) is 19.1 Å². The molecule has 5 nitrogen and oxygen atoms in total. The number of nitrogens with zero attached hydrogens (tertiary/aromatic N) is 1. The lowest BCUT2D eigenvalue weighted by atomic mass is 10.0. The van der Waals surface area contributed by atoms with Gasteiger partial charge in [-0.3, -0.25) is 4.79 Å². The minimum absolute atomic E-state index is 0.0133. The van der Waals surface area contributed by atoms with Crippen LogP contribution >= 0.6 is 0 Å². The summed E-state index contributed by atoms with van der Waals surface area (Å²) in [7, 11) is 0. The standard InChI is InChI=1S/C18H14F2N2O3/c1-10-3-2-4-13(21-10)18(24)22-17(15-7-8-16(20)25-15)12-9-11(19)5-6-14(12)23/h2-9,17,23H,1H3,(H,22,24). The number of pyridine rings is 1. The lowest BCUT2D eigenvalue weighted by Gasteiger charge is -2.18. The molecule has 1 unspecified atom stereocenters. The highest BCUT2D eigenvalue weighted by Crippen LogP contribution is 2.31. The highest BCUT2D eigenvalue weighted by atomic mass is 19.1. The van der Waals surface area contributed by atoms with Gasteiger partial charge in [-0.05, 0) is 43.3 Å². The van der Waals surface area contributed by atoms with Crippen LogP contribution < -0.4 is 5.32 Å². The van der Waals surface area contributed by atoms with Crippen molar-refractivity contribution >= 4 is 5.91 Å². The average molecular weight is 344 g/mol. The van der Waals surface area contributed by atoms with Gasteiger partial charge < -0.3 is 14.8 Å². The second kappa shape index (κ2) is 6.72. The number of hydrogen-bond donors (Lipinski definition) is 2. The number of hydrogen-bond acceptors (Lipinski definition) is 4. The number of carbonyl (C=O) groups excluding carboxylic acids is 1. The zero-order valence-corrected chi connectivity index (χ0v) is 13.2. The Morgan fingerprint density at radius 1 is 1.20 bits per heavy atom. The second-order valence-corrected chi connectivity index (χ2v) is 5.42. The van der Waals surface area contributed by atoms with Crippen LogP contribution in [0.15, 0.2) is 52.9 Å². The van der Waals surface area contributed by atoms with Gasteiger partial charge in [0.15, 0.2) is 0 Å². The van der Waals surface area contributed by atoms with Gasteiger partial charge in [-0.2, -0.15) is 4.39 Å². The van der Waals surface area contributed by atoms with E-state index in [4.69, 9.17) is 4.42 Å². The van der Waals surface area contributed by atoms with E-state index in [9.17, 15) is 18.7 Å². The summed E-state index contributed by atoms with van der Waals surface area (Å²) in [5.74, 6) is -1.44. The lowest BCUT2D eigenvalue weighted by molar-refractivity contribution is 0.0932. The van der Waals surface area contributed by atoms with Crippen LogP contribution in [-0.2, 0) is 0 Å². The van der Waals surface area contributed by atoms with E-state index in [2.05, 4.69) is 10.3 Å². The van der Waals surface area contributed by atoms with Crippen molar-refractivity contribution in [1.82, 2.24) is 10.3 Å². The first-order valence-electron chi connectivity index (χ1n) is 7.42. The SMILES string of the molecule is Cc1cccc(C(=O)NC(c2ccc(F)o2)c2cc(F)ccc2O)n1. The Hall–Kier alpha value is -3.22. The second-order valence-electron chi connectivity index (χ2n) is 5.42. The van der Waals surface area contributed by atoms with Crippen molar-refractivity contribution in [3.63, 3.8) is 0 Å². The van der Waals surface area contributed by atoms with E-state index in [0.29, 0.717) is 5.69 Å². The Labute approximate surface area is 141 Å². The highest BCUT2D eigenvalue weighted by molar-refractivity contribution is 5.92. The molecule has 2 heterocycles. The monoisotopic (exact) mass is 344 g/mol. The Morgan fingerprint density at radius 3 is 2.68 bits per heavy atom. The molecule has 0 aliphatic rings. The number of rotatable bonds is 4. The summed E-state index contributed by atoms with van der Waals surface area (Å²) in [4.78, 5) is 16.6. The van der Waals surface area contributed by atoms with Crippen molar-refractivity contribution in [2.24, 2.45) is 0 Å². The van der Waals surface area contributed by atoms with Crippen molar-refractivity contribution in [2.75, 3.05) is 0 Å². The van der Waals surface area contributed by atoms with Gasteiger partial charge in [-0.25, -0.2) is 9.37 Å². The van der Waals surface area contributed by atoms with E-state index < -0.39 is 23.8 Å². The van der Waals surface area contributed by atoms with Gasteiger partial charge in [0.05, 0.1) is 0 Å². The van der Waals surface area contributed by atoms with Crippen LogP contribution in [0.4, 0.5) is 8.78 Å². The first kappa shape index (κ1) is 16.6. The largest absolute Gasteiger partial charge is 0.508 e. The summed E-state index contributed by atoms with van der Waals surface area (Å²) < 4.78 is 31.8. The molecular weight excluding hydrogens is 330 g/mol. The average Bonchev–Trinajstić information content (AvgIpc) is 3.01. The number of aryl methyl sites for hydroxylation is 1. The Balaban J connectivity index is 2.00. The summed E-state index contributed by atoms with van der Waals surface area (Å²) in [5.41, 5.74) is 0.810. The molecular formula is C18H14F2N2O3. The van der Waals surface area contributed by atoms with Crippen LogP contribution in [0, 0.1) is 18.8 Å². The molecule has 25 heavy (non-hydrogen) atoms. The molecule has 0 fully saturated rings. The van der Waals surface area contributed by atoms with E-state index in [-0.39, 0.29) is 22.8 Å². The molecule has 128 valence electrons. The van der Waals surface area contributed by atoms with Gasteiger partial charge in [0.25, 0.3) is 11.9 Å². The predicted molar refractivity (Wildman–Crippen MR) is 85.0 cm³/mol. The molecule has 0 bridgehead atoms. The number of aromatic hydroxyl groups is 1. The fourth-order valence-electron chi connectivity index (χ4n) is 2.42. The van der Waals surface area contributed by atoms with Crippen LogP contribution in [0.5, 0.6) is 5.75 Å². The molecule has 1 amide bonds. The van der Waals surface area contributed by atoms with E-state index in [0.717, 1.165) is 24.3 Å². The number of carbonyl (C=O) groups is 1. The molecule has 3 aromatic rings. The predicted octanol–water partition coefficient (Wildman–Crippen LogP) is 3.49. The third-order valence-corrected chi connectivity index (χ3v) is 3.58. The van der Waals surface area contributed by atoms with E-state index in [1.165, 1.54) is 12.1 Å². The van der Waals surface area contributed by atoms with Gasteiger partial charge in [0.2, 0.25) is 0 Å². The third-order valence-electron chi connectivity index (χ3n) is 3.58. The van der Waals surface area contributed by atoms with Crippen molar-refractivity contribution < 1.29 is 23.1 Å². The van der Waals surface area contributed by atoms with Gasteiger partial charge >= 0.3 is 0 Å². The van der Waals surface area contributed by atoms with Gasteiger partial charge in [0, 0.05) is 17.3 Å². The van der Waals surface area contributed by atoms with E-state index in [1.807, 2.05) is 0 Å². The molecule has 0 aliphatic carbocycles. The van der Waals surface area contributed by atoms with Gasteiger partial charge in [-0.15, -0.1) is 0 Å². The maximum Gasteiger partial charge on any atom is 0.278 e. The summed E-state index contributed by atoms with van der Waals surface area (Å²) in [6, 6.07) is 8.58. The summed E-state index contributed by atoms with van der Waals surface area (Å²) >= 11 is 0. The fraction of sp³-hybridized carbons (Fsp3) is 0.111. The quantitative estimate of drug-likeness (QED) is 0.760. The van der Waals surface area contributed by atoms with Crippen LogP contribution in [0.2, 0.25) is 0 Å². The minimum Gasteiger partial charge on any atom is -0.508 e. The molecule has 0 spiro atoms. The third kappa shape index (κ3) is 3.65. The highest BCUT2D eigenvalue weighted by Gasteiger charge is 2.25. The number of halogens is 2. The van der Waals surface area contributed by atoms with E-state index >= 15 is 0 Å². The van der Waals surface area contributed by atoms with Crippen LogP contribution in [0.25, 0.3) is 0 Å². The number of phenolic OH excluding ortho intramolecular Hbond substituents is 1. The molecule has 0 saturated carbocycles. The zero-order chi connectivity index (χ0) is 18.0. The first-order valence-corrected chi connectivity index (χ1v) is 7.42. The number of furan rings is 1. The van der Waals surface area contributed by atoms with Crippen molar-refractivity contribution in [1.29, 1.82) is 0 Å². The Kier molecular flexibility index (Phi) is 4.47. The fourth-order valence-corrected chi connectivity index (χ4v) is 2.42. The molecule has 1 atom stereocenters. The van der Waals surface area contributed by atoms with Crippen molar-refractivity contribution in [3.8, 4) is 5.75 Å². The van der Waals surface area contributed by atoms with Crippen LogP contribution in [0.1, 0.15) is 33.5 Å². The molecule has 1 aromatic carbocycles. The first-order chi connectivity index (χ1) is 11.9. The Bertz CT molecular complexity index is 924.